The van der Waals surface area contributed by atoms with Crippen molar-refractivity contribution in [2.75, 3.05) is 0 Å². The van der Waals surface area contributed by atoms with Crippen LogP contribution in [0.3, 0.4) is 0 Å². The van der Waals surface area contributed by atoms with E-state index < -0.39 is 23.7 Å². The van der Waals surface area contributed by atoms with Gasteiger partial charge in [0.15, 0.2) is 0 Å². The summed E-state index contributed by atoms with van der Waals surface area (Å²) in [7, 11) is 0. The number of nitrogens with zero attached hydrogens (tertiary/aromatic N) is 1. The van der Waals surface area contributed by atoms with Gasteiger partial charge < -0.3 is 10.4 Å². The maximum absolute atomic E-state index is 12.5. The zero-order chi connectivity index (χ0) is 16.3. The third kappa shape index (κ3) is 3.55. The highest BCUT2D eigenvalue weighted by molar-refractivity contribution is 5.96. The molecule has 116 valence electrons. The molecule has 0 saturated heterocycles. The Morgan fingerprint density at radius 2 is 1.86 bits per heavy atom. The third-order valence-electron chi connectivity index (χ3n) is 3.13. The van der Waals surface area contributed by atoms with Gasteiger partial charge in [-0.05, 0) is 30.7 Å². The van der Waals surface area contributed by atoms with E-state index in [1.165, 1.54) is 24.4 Å². The van der Waals surface area contributed by atoms with Gasteiger partial charge in [-0.2, -0.15) is 13.2 Å². The SMILES string of the molecule is CC(NC(=O)c1ccncc1O)c1ccc(C(F)(F)F)cc1. The van der Waals surface area contributed by atoms with Gasteiger partial charge in [-0.3, -0.25) is 9.78 Å². The predicted octanol–water partition coefficient (Wildman–Crippen LogP) is 3.30. The number of carbonyl (C=O) groups excluding carboxylic acids is 1. The fraction of sp³-hybridized carbons (Fsp3) is 0.200. The van der Waals surface area contributed by atoms with E-state index in [9.17, 15) is 23.1 Å². The van der Waals surface area contributed by atoms with E-state index >= 15 is 0 Å². The lowest BCUT2D eigenvalue weighted by molar-refractivity contribution is -0.137. The van der Waals surface area contributed by atoms with E-state index in [0.717, 1.165) is 18.3 Å². The Hall–Kier alpha value is -2.57. The number of pyridine rings is 1. The number of rotatable bonds is 3. The normalized spacial score (nSPS) is 12.7. The average molecular weight is 310 g/mol. The zero-order valence-corrected chi connectivity index (χ0v) is 11.6. The molecule has 1 amide bonds. The molecule has 0 aliphatic carbocycles. The Balaban J connectivity index is 2.11. The van der Waals surface area contributed by atoms with Crippen molar-refractivity contribution in [1.29, 1.82) is 0 Å². The molecule has 2 N–H and O–H groups in total. The number of halogens is 3. The number of hydrogen-bond donors (Lipinski definition) is 2. The van der Waals surface area contributed by atoms with Gasteiger partial charge in [-0.1, -0.05) is 12.1 Å². The highest BCUT2D eigenvalue weighted by Crippen LogP contribution is 2.30. The van der Waals surface area contributed by atoms with Crippen LogP contribution >= 0.6 is 0 Å². The second-order valence-corrected chi connectivity index (χ2v) is 4.71. The maximum Gasteiger partial charge on any atom is 0.416 e. The molecule has 1 unspecified atom stereocenters. The van der Waals surface area contributed by atoms with Crippen molar-refractivity contribution < 1.29 is 23.1 Å². The van der Waals surface area contributed by atoms with Gasteiger partial charge in [-0.15, -0.1) is 0 Å². The van der Waals surface area contributed by atoms with Gasteiger partial charge >= 0.3 is 6.18 Å². The largest absolute Gasteiger partial charge is 0.505 e. The van der Waals surface area contributed by atoms with Crippen LogP contribution in [0.25, 0.3) is 0 Å². The molecule has 0 aliphatic rings. The van der Waals surface area contributed by atoms with Crippen LogP contribution in [0.1, 0.15) is 34.5 Å². The second kappa shape index (κ2) is 6.05. The van der Waals surface area contributed by atoms with Crippen molar-refractivity contribution in [3.63, 3.8) is 0 Å². The quantitative estimate of drug-likeness (QED) is 0.914. The molecular weight excluding hydrogens is 297 g/mol. The molecule has 7 heteroatoms. The lowest BCUT2D eigenvalue weighted by Crippen LogP contribution is -2.26. The second-order valence-electron chi connectivity index (χ2n) is 4.71. The molecule has 1 aromatic heterocycles. The van der Waals surface area contributed by atoms with E-state index in [4.69, 9.17) is 0 Å². The van der Waals surface area contributed by atoms with Crippen LogP contribution in [0.4, 0.5) is 13.2 Å². The van der Waals surface area contributed by atoms with Gasteiger partial charge in [0.05, 0.1) is 23.4 Å². The summed E-state index contributed by atoms with van der Waals surface area (Å²) in [5.74, 6) is -0.799. The standard InChI is InChI=1S/C15H13F3N2O2/c1-9(10-2-4-11(5-3-10)15(16,17)18)20-14(22)12-6-7-19-8-13(12)21/h2-9,21H,1H3,(H,20,22). The Kier molecular flexibility index (Phi) is 4.35. The smallest absolute Gasteiger partial charge is 0.416 e. The number of carbonyl (C=O) groups is 1. The zero-order valence-electron chi connectivity index (χ0n) is 11.6. The minimum absolute atomic E-state index is 0.0498. The molecule has 0 saturated carbocycles. The number of alkyl halides is 3. The van der Waals surface area contributed by atoms with Crippen molar-refractivity contribution >= 4 is 5.91 Å². The first-order chi connectivity index (χ1) is 10.3. The molecule has 0 radical (unpaired) electrons. The van der Waals surface area contributed by atoms with Crippen molar-refractivity contribution in [3.05, 3.63) is 59.4 Å². The number of aromatic hydroxyl groups is 1. The molecule has 0 bridgehead atoms. The van der Waals surface area contributed by atoms with Gasteiger partial charge in [0.25, 0.3) is 5.91 Å². The molecule has 22 heavy (non-hydrogen) atoms. The fourth-order valence-corrected chi connectivity index (χ4v) is 1.90. The Bertz CT molecular complexity index is 669. The highest BCUT2D eigenvalue weighted by atomic mass is 19.4. The minimum atomic E-state index is -4.39. The summed E-state index contributed by atoms with van der Waals surface area (Å²) in [6.07, 6.45) is -1.90. The molecule has 0 fully saturated rings. The molecule has 0 aliphatic heterocycles. The summed E-state index contributed by atoms with van der Waals surface area (Å²) in [6.45, 7) is 1.64. The lowest BCUT2D eigenvalue weighted by Gasteiger charge is -2.15. The highest BCUT2D eigenvalue weighted by Gasteiger charge is 2.30. The average Bonchev–Trinajstić information content (AvgIpc) is 2.46. The summed E-state index contributed by atoms with van der Waals surface area (Å²) >= 11 is 0. The molecule has 0 spiro atoms. The third-order valence-corrected chi connectivity index (χ3v) is 3.13. The van der Waals surface area contributed by atoms with Crippen LogP contribution in [0, 0.1) is 0 Å². The molecule has 2 rings (SSSR count). The van der Waals surface area contributed by atoms with E-state index in [1.54, 1.807) is 6.92 Å². The van der Waals surface area contributed by atoms with Crippen molar-refractivity contribution in [2.45, 2.75) is 19.1 Å². The minimum Gasteiger partial charge on any atom is -0.505 e. The summed E-state index contributed by atoms with van der Waals surface area (Å²) in [6, 6.07) is 5.37. The van der Waals surface area contributed by atoms with Crippen LogP contribution in [0.15, 0.2) is 42.7 Å². The van der Waals surface area contributed by atoms with Gasteiger partial charge in [0.1, 0.15) is 5.75 Å². The molecule has 4 nitrogen and oxygen atoms in total. The Labute approximate surface area is 124 Å². The van der Waals surface area contributed by atoms with Gasteiger partial charge in [0, 0.05) is 6.20 Å². The van der Waals surface area contributed by atoms with Crippen molar-refractivity contribution in [3.8, 4) is 5.75 Å². The summed E-state index contributed by atoms with van der Waals surface area (Å²) in [5.41, 5.74) is -0.176. The topological polar surface area (TPSA) is 62.2 Å². The number of nitrogens with one attached hydrogen (secondary N) is 1. The van der Waals surface area contributed by atoms with Crippen LogP contribution in [-0.4, -0.2) is 16.0 Å². The predicted molar refractivity (Wildman–Crippen MR) is 73.2 cm³/mol. The van der Waals surface area contributed by atoms with Crippen LogP contribution in [-0.2, 0) is 6.18 Å². The Morgan fingerprint density at radius 1 is 1.23 bits per heavy atom. The lowest BCUT2D eigenvalue weighted by atomic mass is 10.1. The Morgan fingerprint density at radius 3 is 2.41 bits per heavy atom. The fourth-order valence-electron chi connectivity index (χ4n) is 1.90. The summed E-state index contributed by atoms with van der Waals surface area (Å²) < 4.78 is 37.5. The van der Waals surface area contributed by atoms with Crippen molar-refractivity contribution in [2.24, 2.45) is 0 Å². The number of benzene rings is 1. The van der Waals surface area contributed by atoms with Gasteiger partial charge in [0.2, 0.25) is 0 Å². The molecule has 1 heterocycles. The van der Waals surface area contributed by atoms with Crippen LogP contribution in [0.2, 0.25) is 0 Å². The first-order valence-electron chi connectivity index (χ1n) is 6.40. The number of hydrogen-bond acceptors (Lipinski definition) is 3. The molecule has 2 aromatic rings. The summed E-state index contributed by atoms with van der Waals surface area (Å²) in [4.78, 5) is 15.7. The first kappa shape index (κ1) is 15.8. The van der Waals surface area contributed by atoms with Gasteiger partial charge in [-0.25, -0.2) is 0 Å². The monoisotopic (exact) mass is 310 g/mol. The van der Waals surface area contributed by atoms with Crippen LogP contribution in [0.5, 0.6) is 5.75 Å². The number of aromatic nitrogens is 1. The van der Waals surface area contributed by atoms with E-state index in [0.29, 0.717) is 5.56 Å². The van der Waals surface area contributed by atoms with Crippen molar-refractivity contribution in [1.82, 2.24) is 10.3 Å². The summed E-state index contributed by atoms with van der Waals surface area (Å²) in [5, 5.41) is 12.1. The van der Waals surface area contributed by atoms with E-state index in [2.05, 4.69) is 10.3 Å². The van der Waals surface area contributed by atoms with Crippen LogP contribution < -0.4 is 5.32 Å². The molecular formula is C15H13F3N2O2. The molecule has 1 aromatic carbocycles. The first-order valence-corrected chi connectivity index (χ1v) is 6.40. The van der Waals surface area contributed by atoms with E-state index in [-0.39, 0.29) is 11.3 Å². The molecule has 1 atom stereocenters. The van der Waals surface area contributed by atoms with E-state index in [1.807, 2.05) is 0 Å². The maximum atomic E-state index is 12.5. The number of amides is 1.